The van der Waals surface area contributed by atoms with Crippen LogP contribution < -0.4 is 16.1 Å². The van der Waals surface area contributed by atoms with Crippen LogP contribution in [0.1, 0.15) is 60.0 Å². The number of allylic oxidation sites excluding steroid dienone is 1. The van der Waals surface area contributed by atoms with Gasteiger partial charge in [-0.15, -0.1) is 0 Å². The summed E-state index contributed by atoms with van der Waals surface area (Å²) in [7, 11) is 0. The van der Waals surface area contributed by atoms with Gasteiger partial charge in [-0.2, -0.15) is 0 Å². The van der Waals surface area contributed by atoms with Crippen molar-refractivity contribution in [3.8, 4) is 11.4 Å². The van der Waals surface area contributed by atoms with Crippen LogP contribution in [0.3, 0.4) is 0 Å². The van der Waals surface area contributed by atoms with Crippen LogP contribution in [-0.2, 0) is 6.54 Å². The van der Waals surface area contributed by atoms with Crippen LogP contribution in [0.5, 0.6) is 5.75 Å². The number of carbonyl (C=O) groups excluding carboxylic acids is 2. The van der Waals surface area contributed by atoms with E-state index in [0.29, 0.717) is 28.1 Å². The highest BCUT2D eigenvalue weighted by Crippen LogP contribution is 2.46. The molecule has 8 nitrogen and oxygen atoms in total. The predicted octanol–water partition coefficient (Wildman–Crippen LogP) is 2.91. The fourth-order valence-electron chi connectivity index (χ4n) is 4.68. The second-order valence-electron chi connectivity index (χ2n) is 8.91. The molecule has 2 aromatic carbocycles. The van der Waals surface area contributed by atoms with Gasteiger partial charge in [0.25, 0.3) is 0 Å². The monoisotopic (exact) mass is 445 g/mol. The summed E-state index contributed by atoms with van der Waals surface area (Å²) in [6, 6.07) is 11.0. The van der Waals surface area contributed by atoms with Crippen molar-refractivity contribution >= 4 is 11.6 Å². The Kier molecular flexibility index (Phi) is 4.46. The third kappa shape index (κ3) is 3.05. The van der Waals surface area contributed by atoms with E-state index in [9.17, 15) is 19.2 Å². The zero-order valence-corrected chi connectivity index (χ0v) is 18.8. The van der Waals surface area contributed by atoms with E-state index in [1.807, 2.05) is 19.9 Å². The van der Waals surface area contributed by atoms with Crippen molar-refractivity contribution in [3.63, 3.8) is 0 Å². The van der Waals surface area contributed by atoms with Crippen LogP contribution in [0.15, 0.2) is 63.7 Å². The van der Waals surface area contributed by atoms with Crippen molar-refractivity contribution in [3.05, 3.63) is 91.8 Å². The zero-order valence-electron chi connectivity index (χ0n) is 18.8. The van der Waals surface area contributed by atoms with E-state index in [1.165, 1.54) is 23.2 Å². The van der Waals surface area contributed by atoms with Gasteiger partial charge in [0.2, 0.25) is 0 Å². The summed E-state index contributed by atoms with van der Waals surface area (Å²) in [5.74, 6) is 0.334. The molecule has 2 aliphatic rings. The van der Waals surface area contributed by atoms with E-state index in [-0.39, 0.29) is 18.1 Å². The minimum Gasteiger partial charge on any atom is -0.483 e. The van der Waals surface area contributed by atoms with Crippen molar-refractivity contribution in [1.82, 2.24) is 13.9 Å². The molecule has 3 heterocycles. The third-order valence-electron chi connectivity index (χ3n) is 6.39. The number of hydrogen-bond donors (Lipinski definition) is 0. The maximum Gasteiger partial charge on any atom is 0.352 e. The molecular formula is C25H23N3O5. The molecule has 1 aromatic heterocycles. The Morgan fingerprint density at radius 2 is 1.58 bits per heavy atom. The molecule has 33 heavy (non-hydrogen) atoms. The van der Waals surface area contributed by atoms with Crippen LogP contribution in [0, 0.1) is 0 Å². The number of aromatic nitrogens is 3. The molecular weight excluding hydrogens is 422 g/mol. The lowest BCUT2D eigenvalue weighted by Crippen LogP contribution is -2.46. The van der Waals surface area contributed by atoms with Crippen molar-refractivity contribution in [2.75, 3.05) is 0 Å². The van der Waals surface area contributed by atoms with Gasteiger partial charge in [0.05, 0.1) is 12.2 Å². The lowest BCUT2D eigenvalue weighted by Gasteiger charge is -2.42. The fraction of sp³-hybridized carbons (Fsp3) is 0.280. The fourth-order valence-corrected chi connectivity index (χ4v) is 4.68. The smallest absolute Gasteiger partial charge is 0.352 e. The van der Waals surface area contributed by atoms with E-state index in [0.717, 1.165) is 10.1 Å². The van der Waals surface area contributed by atoms with E-state index in [4.69, 9.17) is 4.74 Å². The number of fused-ring (bicyclic) bond motifs is 5. The van der Waals surface area contributed by atoms with Crippen LogP contribution in [0.25, 0.3) is 5.69 Å². The Bertz CT molecular complexity index is 1480. The van der Waals surface area contributed by atoms with Gasteiger partial charge in [0, 0.05) is 16.7 Å². The minimum absolute atomic E-state index is 0.0848. The first kappa shape index (κ1) is 20.9. The van der Waals surface area contributed by atoms with Gasteiger partial charge in [-0.05, 0) is 63.6 Å². The molecule has 0 spiro atoms. The SMILES string of the molecule is CC(=O)c1ccc(-n2c(=O)n3n(c2=O)C2C(=CC3)C(C)(C)Oc3cc(C(C)=O)ccc32)cc1. The first-order valence-corrected chi connectivity index (χ1v) is 10.7. The molecule has 3 aromatic rings. The summed E-state index contributed by atoms with van der Waals surface area (Å²) in [6.07, 6.45) is 1.93. The van der Waals surface area contributed by atoms with Crippen molar-refractivity contribution < 1.29 is 14.3 Å². The Morgan fingerprint density at radius 3 is 2.21 bits per heavy atom. The van der Waals surface area contributed by atoms with Gasteiger partial charge in [-0.3, -0.25) is 9.59 Å². The lowest BCUT2D eigenvalue weighted by molar-refractivity contribution is 0.100. The van der Waals surface area contributed by atoms with Crippen molar-refractivity contribution in [2.24, 2.45) is 0 Å². The summed E-state index contributed by atoms with van der Waals surface area (Å²) in [4.78, 5) is 50.4. The number of carbonyl (C=O) groups is 2. The average Bonchev–Trinajstić information content (AvgIpc) is 3.03. The number of benzene rings is 2. The predicted molar refractivity (Wildman–Crippen MR) is 122 cm³/mol. The van der Waals surface area contributed by atoms with Gasteiger partial charge in [0.15, 0.2) is 11.6 Å². The zero-order chi connectivity index (χ0) is 23.7. The Balaban J connectivity index is 1.73. The second-order valence-corrected chi connectivity index (χ2v) is 8.91. The van der Waals surface area contributed by atoms with Gasteiger partial charge >= 0.3 is 11.4 Å². The Hall–Kier alpha value is -3.94. The van der Waals surface area contributed by atoms with E-state index >= 15 is 0 Å². The highest BCUT2D eigenvalue weighted by Gasteiger charge is 2.43. The molecule has 0 radical (unpaired) electrons. The molecule has 0 N–H and O–H groups in total. The Morgan fingerprint density at radius 1 is 0.939 bits per heavy atom. The maximum atomic E-state index is 13.6. The van der Waals surface area contributed by atoms with Crippen LogP contribution in [0.2, 0.25) is 0 Å². The summed E-state index contributed by atoms with van der Waals surface area (Å²) in [5, 5.41) is 0. The highest BCUT2D eigenvalue weighted by molar-refractivity contribution is 5.95. The van der Waals surface area contributed by atoms with Crippen LogP contribution in [0.4, 0.5) is 0 Å². The second kappa shape index (κ2) is 7.03. The minimum atomic E-state index is -0.737. The largest absolute Gasteiger partial charge is 0.483 e. The average molecular weight is 445 g/mol. The highest BCUT2D eigenvalue weighted by atomic mass is 16.5. The first-order valence-electron chi connectivity index (χ1n) is 10.7. The molecule has 1 atom stereocenters. The van der Waals surface area contributed by atoms with Crippen LogP contribution >= 0.6 is 0 Å². The number of ketones is 2. The van der Waals surface area contributed by atoms with Gasteiger partial charge in [0.1, 0.15) is 17.4 Å². The van der Waals surface area contributed by atoms with Crippen molar-refractivity contribution in [1.29, 1.82) is 0 Å². The van der Waals surface area contributed by atoms with Gasteiger partial charge < -0.3 is 4.74 Å². The van der Waals surface area contributed by atoms with E-state index in [2.05, 4.69) is 0 Å². The maximum absolute atomic E-state index is 13.6. The number of nitrogens with zero attached hydrogens (tertiary/aromatic N) is 3. The first-order chi connectivity index (χ1) is 15.6. The summed E-state index contributed by atoms with van der Waals surface area (Å²) < 4.78 is 10.2. The number of hydrogen-bond acceptors (Lipinski definition) is 5. The van der Waals surface area contributed by atoms with Gasteiger partial charge in [-0.1, -0.05) is 18.2 Å². The standard InChI is InChI=1S/C25H23N3O5/c1-14(29)16-5-8-18(9-6-16)27-23(31)26-12-11-20-22(28(26)24(27)32)19-10-7-17(15(2)30)13-21(19)33-25(20,3)4/h5-11,13,22H,12H2,1-4H3. The molecule has 1 unspecified atom stereocenters. The normalized spacial score (nSPS) is 17.8. The Labute approximate surface area is 189 Å². The quantitative estimate of drug-likeness (QED) is 0.457. The molecule has 8 heteroatoms. The lowest BCUT2D eigenvalue weighted by atomic mass is 9.82. The molecule has 0 bridgehead atoms. The van der Waals surface area contributed by atoms with E-state index < -0.39 is 23.0 Å². The summed E-state index contributed by atoms with van der Waals surface area (Å²) >= 11 is 0. The number of ether oxygens (including phenoxy) is 1. The molecule has 168 valence electrons. The molecule has 5 rings (SSSR count). The molecule has 0 amide bonds. The number of Topliss-reactive ketones (excluding diaryl/α,β-unsaturated/α-hetero) is 2. The molecule has 0 saturated heterocycles. The van der Waals surface area contributed by atoms with Crippen molar-refractivity contribution in [2.45, 2.75) is 45.9 Å². The van der Waals surface area contributed by atoms with Gasteiger partial charge in [-0.25, -0.2) is 23.5 Å². The number of rotatable bonds is 3. The van der Waals surface area contributed by atoms with E-state index in [1.54, 1.807) is 42.5 Å². The topological polar surface area (TPSA) is 92.3 Å². The van der Waals surface area contributed by atoms with Crippen LogP contribution in [-0.4, -0.2) is 31.1 Å². The molecule has 0 saturated carbocycles. The molecule has 0 aliphatic carbocycles. The summed E-state index contributed by atoms with van der Waals surface area (Å²) in [5.41, 5.74) is 1.31. The summed E-state index contributed by atoms with van der Waals surface area (Å²) in [6.45, 7) is 6.99. The molecule has 0 fully saturated rings. The molecule has 2 aliphatic heterocycles. The third-order valence-corrected chi connectivity index (χ3v) is 6.39.